The lowest BCUT2D eigenvalue weighted by atomic mass is 9.79. The Hall–Kier alpha value is -2.16. The summed E-state index contributed by atoms with van der Waals surface area (Å²) < 4.78 is 2.08. The molecule has 28 heavy (non-hydrogen) atoms. The maximum absolute atomic E-state index is 13.0. The fourth-order valence-corrected chi connectivity index (χ4v) is 4.92. The molecule has 3 aromatic heterocycles. The average molecular weight is 435 g/mol. The van der Waals surface area contributed by atoms with Gasteiger partial charge in [0.05, 0.1) is 27.6 Å². The zero-order valence-corrected chi connectivity index (χ0v) is 17.6. The normalized spacial score (nSPS) is 19.4. The van der Waals surface area contributed by atoms with Gasteiger partial charge in [-0.2, -0.15) is 21.1 Å². The van der Waals surface area contributed by atoms with Gasteiger partial charge >= 0.3 is 0 Å². The second-order valence-corrected chi connectivity index (χ2v) is 9.47. The second-order valence-electron chi connectivity index (χ2n) is 6.89. The quantitative estimate of drug-likeness (QED) is 0.633. The second kappa shape index (κ2) is 7.69. The molecule has 6 nitrogen and oxygen atoms in total. The number of thiophene rings is 2. The summed E-state index contributed by atoms with van der Waals surface area (Å²) in [6.45, 7) is 3.07. The molecule has 3 aromatic rings. The van der Waals surface area contributed by atoms with Crippen LogP contribution in [0.1, 0.15) is 40.7 Å². The van der Waals surface area contributed by atoms with Gasteiger partial charge in [-0.15, -0.1) is 11.3 Å². The van der Waals surface area contributed by atoms with Crippen molar-refractivity contribution in [3.63, 3.8) is 0 Å². The molecule has 1 saturated heterocycles. The highest BCUT2D eigenvalue weighted by atomic mass is 35.5. The van der Waals surface area contributed by atoms with Crippen molar-refractivity contribution in [3.8, 4) is 0 Å². The molecule has 1 aliphatic heterocycles. The van der Waals surface area contributed by atoms with Crippen LogP contribution in [-0.2, 0) is 16.8 Å². The minimum Gasteiger partial charge on any atom is -0.365 e. The first-order valence-electron chi connectivity index (χ1n) is 8.91. The number of nitrogens with one attached hydrogen (secondary N) is 2. The number of anilines is 1. The van der Waals surface area contributed by atoms with Crippen LogP contribution in [0.4, 0.5) is 5.82 Å². The van der Waals surface area contributed by atoms with Crippen molar-refractivity contribution >= 4 is 51.9 Å². The lowest BCUT2D eigenvalue weighted by molar-refractivity contribution is -0.128. The van der Waals surface area contributed by atoms with Gasteiger partial charge in [0.1, 0.15) is 5.82 Å². The number of hydrogen-bond donors (Lipinski definition) is 2. The molecule has 0 radical (unpaired) electrons. The standard InChI is InChI=1S/C19H19ClN4O2S2/c1-19(6-2-7-21-18(19)26)14-9-16(22-10-13-3-4-15(20)28-13)24(23-14)17(25)12-5-8-27-11-12/h3-5,8-9,11,22H,2,6-7,10H2,1H3,(H,21,26). The first-order valence-corrected chi connectivity index (χ1v) is 11.0. The number of hydrogen-bond acceptors (Lipinski definition) is 6. The highest BCUT2D eigenvalue weighted by molar-refractivity contribution is 7.16. The fraction of sp³-hybridized carbons (Fsp3) is 0.316. The van der Waals surface area contributed by atoms with E-state index in [1.54, 1.807) is 11.4 Å². The van der Waals surface area contributed by atoms with Crippen LogP contribution in [0.15, 0.2) is 35.0 Å². The van der Waals surface area contributed by atoms with Gasteiger partial charge in [-0.3, -0.25) is 9.59 Å². The van der Waals surface area contributed by atoms with Gasteiger partial charge in [0.25, 0.3) is 5.91 Å². The molecular formula is C19H19ClN4O2S2. The Kier molecular flexibility index (Phi) is 5.27. The van der Waals surface area contributed by atoms with Crippen molar-refractivity contribution in [3.05, 3.63) is 55.5 Å². The van der Waals surface area contributed by atoms with Crippen LogP contribution in [0.3, 0.4) is 0 Å². The van der Waals surface area contributed by atoms with Crippen LogP contribution in [-0.4, -0.2) is 28.1 Å². The number of aromatic nitrogens is 2. The predicted molar refractivity (Wildman–Crippen MR) is 113 cm³/mol. The largest absolute Gasteiger partial charge is 0.365 e. The highest BCUT2D eigenvalue weighted by Gasteiger charge is 2.40. The Morgan fingerprint density at radius 3 is 2.96 bits per heavy atom. The number of carbonyl (C=O) groups is 2. The van der Waals surface area contributed by atoms with E-state index in [2.05, 4.69) is 15.7 Å². The van der Waals surface area contributed by atoms with Gasteiger partial charge in [0.2, 0.25) is 5.91 Å². The molecular weight excluding hydrogens is 416 g/mol. The molecule has 1 fully saturated rings. The smallest absolute Gasteiger partial charge is 0.280 e. The van der Waals surface area contributed by atoms with Crippen molar-refractivity contribution in [1.82, 2.24) is 15.1 Å². The molecule has 0 aliphatic carbocycles. The average Bonchev–Trinajstić information content (AvgIpc) is 3.42. The molecule has 0 aromatic carbocycles. The maximum Gasteiger partial charge on any atom is 0.280 e. The van der Waals surface area contributed by atoms with Gasteiger partial charge in [-0.25, -0.2) is 0 Å². The monoisotopic (exact) mass is 434 g/mol. The van der Waals surface area contributed by atoms with E-state index in [4.69, 9.17) is 11.6 Å². The van der Waals surface area contributed by atoms with Gasteiger partial charge < -0.3 is 10.6 Å². The summed E-state index contributed by atoms with van der Waals surface area (Å²) in [5.74, 6) is 0.289. The van der Waals surface area contributed by atoms with Crippen molar-refractivity contribution in [1.29, 1.82) is 0 Å². The van der Waals surface area contributed by atoms with E-state index in [1.807, 2.05) is 30.5 Å². The minimum absolute atomic E-state index is 0.0528. The predicted octanol–water partition coefficient (Wildman–Crippen LogP) is 4.13. The van der Waals surface area contributed by atoms with Crippen molar-refractivity contribution in [2.24, 2.45) is 0 Å². The van der Waals surface area contributed by atoms with Crippen LogP contribution in [0.2, 0.25) is 4.34 Å². The molecule has 4 rings (SSSR count). The molecule has 4 heterocycles. The molecule has 1 aliphatic rings. The first kappa shape index (κ1) is 19.2. The third kappa shape index (κ3) is 3.59. The summed E-state index contributed by atoms with van der Waals surface area (Å²) >= 11 is 8.94. The zero-order valence-electron chi connectivity index (χ0n) is 15.2. The number of amides is 1. The maximum atomic E-state index is 13.0. The van der Waals surface area contributed by atoms with Crippen molar-refractivity contribution < 1.29 is 9.59 Å². The van der Waals surface area contributed by atoms with Crippen LogP contribution < -0.4 is 10.6 Å². The zero-order chi connectivity index (χ0) is 19.7. The third-order valence-electron chi connectivity index (χ3n) is 4.95. The van der Waals surface area contributed by atoms with Gasteiger partial charge in [0, 0.05) is 22.9 Å². The van der Waals surface area contributed by atoms with Crippen LogP contribution in [0.5, 0.6) is 0 Å². The SMILES string of the molecule is CC1(c2cc(NCc3ccc(Cl)s3)n(C(=O)c3ccsc3)n2)CCCNC1=O. The summed E-state index contributed by atoms with van der Waals surface area (Å²) in [4.78, 5) is 26.6. The molecule has 1 atom stereocenters. The summed E-state index contributed by atoms with van der Waals surface area (Å²) in [6, 6.07) is 7.37. The fourth-order valence-electron chi connectivity index (χ4n) is 3.26. The van der Waals surface area contributed by atoms with Gasteiger partial charge in [-0.05, 0) is 43.3 Å². The Morgan fingerprint density at radius 2 is 2.29 bits per heavy atom. The van der Waals surface area contributed by atoms with Crippen LogP contribution >= 0.6 is 34.3 Å². The third-order valence-corrected chi connectivity index (χ3v) is 6.86. The molecule has 2 N–H and O–H groups in total. The van der Waals surface area contributed by atoms with Crippen LogP contribution in [0.25, 0.3) is 0 Å². The molecule has 9 heteroatoms. The van der Waals surface area contributed by atoms with E-state index in [0.717, 1.165) is 11.3 Å². The number of carbonyl (C=O) groups excluding carboxylic acids is 2. The first-order chi connectivity index (χ1) is 13.5. The van der Waals surface area contributed by atoms with E-state index >= 15 is 0 Å². The molecule has 0 saturated carbocycles. The Bertz CT molecular complexity index is 1010. The van der Waals surface area contributed by atoms with E-state index < -0.39 is 5.41 Å². The topological polar surface area (TPSA) is 76.0 Å². The summed E-state index contributed by atoms with van der Waals surface area (Å²) in [5, 5.41) is 14.4. The number of piperidine rings is 1. The van der Waals surface area contributed by atoms with Gasteiger partial charge in [-0.1, -0.05) is 11.6 Å². The van der Waals surface area contributed by atoms with E-state index in [-0.39, 0.29) is 11.8 Å². The van der Waals surface area contributed by atoms with E-state index in [1.165, 1.54) is 27.4 Å². The van der Waals surface area contributed by atoms with Crippen LogP contribution in [0, 0.1) is 0 Å². The number of nitrogens with zero attached hydrogens (tertiary/aromatic N) is 2. The molecule has 1 unspecified atom stereocenters. The Labute approximate surface area is 175 Å². The minimum atomic E-state index is -0.749. The molecule has 0 spiro atoms. The summed E-state index contributed by atoms with van der Waals surface area (Å²) in [7, 11) is 0. The van der Waals surface area contributed by atoms with Gasteiger partial charge in [0.15, 0.2) is 0 Å². The number of rotatable bonds is 5. The molecule has 146 valence electrons. The summed E-state index contributed by atoms with van der Waals surface area (Å²) in [6.07, 6.45) is 1.58. The molecule has 1 amide bonds. The summed E-state index contributed by atoms with van der Waals surface area (Å²) in [5.41, 5.74) is 0.418. The lowest BCUT2D eigenvalue weighted by Gasteiger charge is -2.30. The Balaban J connectivity index is 1.68. The van der Waals surface area contributed by atoms with E-state index in [9.17, 15) is 9.59 Å². The van der Waals surface area contributed by atoms with Crippen molar-refractivity contribution in [2.45, 2.75) is 31.7 Å². The van der Waals surface area contributed by atoms with E-state index in [0.29, 0.717) is 40.9 Å². The number of halogens is 1. The van der Waals surface area contributed by atoms with Crippen molar-refractivity contribution in [2.75, 3.05) is 11.9 Å². The highest BCUT2D eigenvalue weighted by Crippen LogP contribution is 2.33. The molecule has 0 bridgehead atoms. The Morgan fingerprint density at radius 1 is 1.43 bits per heavy atom. The lowest BCUT2D eigenvalue weighted by Crippen LogP contribution is -2.47.